The highest BCUT2D eigenvalue weighted by atomic mass is 19.4. The number of hydrogen-bond donors (Lipinski definition) is 1. The van der Waals surface area contributed by atoms with Gasteiger partial charge in [-0.05, 0) is 35.7 Å². The summed E-state index contributed by atoms with van der Waals surface area (Å²) in [6, 6.07) is 10.6. The summed E-state index contributed by atoms with van der Waals surface area (Å²) in [5, 5.41) is 0. The van der Waals surface area contributed by atoms with E-state index >= 15 is 0 Å². The maximum atomic E-state index is 13.1. The van der Waals surface area contributed by atoms with Crippen LogP contribution < -0.4 is 5.73 Å². The quantitative estimate of drug-likeness (QED) is 0.642. The Morgan fingerprint density at radius 1 is 1.00 bits per heavy atom. The molecule has 0 aliphatic carbocycles. The smallest absolute Gasteiger partial charge is 0.373 e. The van der Waals surface area contributed by atoms with Crippen LogP contribution in [0.15, 0.2) is 48.5 Å². The highest BCUT2D eigenvalue weighted by molar-refractivity contribution is 5.75. The third-order valence-corrected chi connectivity index (χ3v) is 5.35. The van der Waals surface area contributed by atoms with E-state index in [-0.39, 0.29) is 24.1 Å². The average molecular weight is 460 g/mol. The van der Waals surface area contributed by atoms with Crippen LogP contribution in [0.5, 0.6) is 0 Å². The lowest BCUT2D eigenvalue weighted by molar-refractivity contribution is -0.143. The van der Waals surface area contributed by atoms with Gasteiger partial charge in [0.05, 0.1) is 30.4 Å². The van der Waals surface area contributed by atoms with Crippen LogP contribution in [0.25, 0.3) is 0 Å². The van der Waals surface area contributed by atoms with Gasteiger partial charge < -0.3 is 10.5 Å². The fourth-order valence-corrected chi connectivity index (χ4v) is 3.89. The third kappa shape index (κ3) is 6.23. The number of carbonyl (C=O) groups is 1. The van der Waals surface area contributed by atoms with Crippen molar-refractivity contribution in [3.8, 4) is 0 Å². The summed E-state index contributed by atoms with van der Waals surface area (Å²) in [5.74, 6) is -0.711. The van der Waals surface area contributed by atoms with Crippen LogP contribution in [0.2, 0.25) is 0 Å². The number of primary amides is 1. The lowest BCUT2D eigenvalue weighted by atomic mass is 9.87. The molecule has 0 aromatic heterocycles. The van der Waals surface area contributed by atoms with Crippen LogP contribution >= 0.6 is 0 Å². The summed E-state index contributed by atoms with van der Waals surface area (Å²) in [5.41, 5.74) is 3.22. The van der Waals surface area contributed by atoms with Crippen LogP contribution in [-0.2, 0) is 28.5 Å². The highest BCUT2D eigenvalue weighted by Crippen LogP contribution is 2.37. The van der Waals surface area contributed by atoms with Gasteiger partial charge in [-0.25, -0.2) is 0 Å². The molecule has 0 saturated carbocycles. The Morgan fingerprint density at radius 3 is 2.12 bits per heavy atom. The van der Waals surface area contributed by atoms with Gasteiger partial charge in [-0.3, -0.25) is 9.69 Å². The SMILES string of the molecule is NC(=O)CN1CC[C@H](OCc2cc(C(F)(F)F)cc(C(F)(F)F)c2)[C@H](c2ccccc2)C1. The number of alkyl halides is 6. The molecular weight excluding hydrogens is 438 g/mol. The van der Waals surface area contributed by atoms with E-state index in [1.165, 1.54) is 0 Å². The van der Waals surface area contributed by atoms with E-state index in [4.69, 9.17) is 10.5 Å². The molecule has 1 heterocycles. The molecule has 4 nitrogen and oxygen atoms in total. The van der Waals surface area contributed by atoms with Crippen LogP contribution in [0.3, 0.4) is 0 Å². The first-order valence-electron chi connectivity index (χ1n) is 9.89. The summed E-state index contributed by atoms with van der Waals surface area (Å²) in [7, 11) is 0. The summed E-state index contributed by atoms with van der Waals surface area (Å²) >= 11 is 0. The van der Waals surface area contributed by atoms with Crippen molar-refractivity contribution in [2.45, 2.75) is 37.4 Å². The number of rotatable bonds is 6. The topological polar surface area (TPSA) is 55.6 Å². The largest absolute Gasteiger partial charge is 0.416 e. The minimum atomic E-state index is -4.91. The summed E-state index contributed by atoms with van der Waals surface area (Å²) in [6.45, 7) is 0.538. The van der Waals surface area contributed by atoms with Crippen LogP contribution in [0.1, 0.15) is 34.6 Å². The first-order chi connectivity index (χ1) is 14.9. The second-order valence-corrected chi connectivity index (χ2v) is 7.77. The number of amides is 1. The van der Waals surface area contributed by atoms with Crippen molar-refractivity contribution in [2.24, 2.45) is 5.73 Å². The standard InChI is InChI=1S/C22H22F6N2O2/c23-21(24,25)16-8-14(9-17(10-16)22(26,27)28)13-32-19-6-7-30(12-20(29)31)11-18(19)15-4-2-1-3-5-15/h1-5,8-10,18-19H,6-7,11-13H2,(H2,29,31)/t18-,19-/m0/s1. The molecule has 0 unspecified atom stereocenters. The fourth-order valence-electron chi connectivity index (χ4n) is 3.89. The number of hydrogen-bond acceptors (Lipinski definition) is 3. The monoisotopic (exact) mass is 460 g/mol. The average Bonchev–Trinajstić information content (AvgIpc) is 2.71. The van der Waals surface area contributed by atoms with Crippen LogP contribution in [0, 0.1) is 0 Å². The summed E-state index contributed by atoms with van der Waals surface area (Å²) in [6.07, 6.45) is -9.84. The minimum Gasteiger partial charge on any atom is -0.373 e. The lowest BCUT2D eigenvalue weighted by Crippen LogP contribution is -2.46. The Bertz CT molecular complexity index is 898. The van der Waals surface area contributed by atoms with Gasteiger partial charge in [0, 0.05) is 19.0 Å². The highest BCUT2D eigenvalue weighted by Gasteiger charge is 2.37. The molecule has 3 rings (SSSR count). The van der Waals surface area contributed by atoms with Crippen molar-refractivity contribution >= 4 is 5.91 Å². The molecule has 2 atom stereocenters. The number of halogens is 6. The zero-order chi connectivity index (χ0) is 23.5. The van der Waals surface area contributed by atoms with Gasteiger partial charge in [0.2, 0.25) is 5.91 Å². The fraction of sp³-hybridized carbons (Fsp3) is 0.409. The summed E-state index contributed by atoms with van der Waals surface area (Å²) < 4.78 is 84.5. The van der Waals surface area contributed by atoms with Crippen molar-refractivity contribution in [1.82, 2.24) is 4.90 Å². The lowest BCUT2D eigenvalue weighted by Gasteiger charge is -2.38. The van der Waals surface area contributed by atoms with Crippen LogP contribution in [0.4, 0.5) is 26.3 Å². The van der Waals surface area contributed by atoms with E-state index in [9.17, 15) is 31.1 Å². The molecule has 0 spiro atoms. The number of nitrogens with two attached hydrogens (primary N) is 1. The zero-order valence-electron chi connectivity index (χ0n) is 16.9. The molecule has 1 aliphatic rings. The van der Waals surface area contributed by atoms with Crippen molar-refractivity contribution in [3.05, 3.63) is 70.8 Å². The molecule has 1 aliphatic heterocycles. The van der Waals surface area contributed by atoms with Gasteiger partial charge in [0.25, 0.3) is 0 Å². The Morgan fingerprint density at radius 2 is 1.59 bits per heavy atom. The van der Waals surface area contributed by atoms with Crippen LogP contribution in [-0.4, -0.2) is 36.5 Å². The van der Waals surface area contributed by atoms with Gasteiger partial charge in [0.1, 0.15) is 0 Å². The van der Waals surface area contributed by atoms with Gasteiger partial charge in [-0.1, -0.05) is 30.3 Å². The third-order valence-electron chi connectivity index (χ3n) is 5.35. The first-order valence-corrected chi connectivity index (χ1v) is 9.89. The molecule has 2 aromatic rings. The Kier molecular flexibility index (Phi) is 7.14. The van der Waals surface area contributed by atoms with E-state index in [0.717, 1.165) is 5.56 Å². The molecule has 1 fully saturated rings. The maximum Gasteiger partial charge on any atom is 0.416 e. The number of carbonyl (C=O) groups excluding carboxylic acids is 1. The second-order valence-electron chi connectivity index (χ2n) is 7.77. The number of piperidine rings is 1. The Labute approximate surface area is 181 Å². The molecule has 2 N–H and O–H groups in total. The van der Waals surface area contributed by atoms with Gasteiger partial charge in [-0.15, -0.1) is 0 Å². The molecule has 32 heavy (non-hydrogen) atoms. The Hall–Kier alpha value is -2.59. The molecule has 10 heteroatoms. The molecular formula is C22H22F6N2O2. The van der Waals surface area contributed by atoms with Crippen molar-refractivity contribution < 1.29 is 35.9 Å². The molecule has 2 aromatic carbocycles. The number of nitrogens with zero attached hydrogens (tertiary/aromatic N) is 1. The summed E-state index contributed by atoms with van der Waals surface area (Å²) in [4.78, 5) is 13.1. The second kappa shape index (κ2) is 9.50. The van der Waals surface area contributed by atoms with Gasteiger partial charge >= 0.3 is 12.4 Å². The first kappa shape index (κ1) is 24.1. The number of likely N-dealkylation sites (tertiary alicyclic amines) is 1. The van der Waals surface area contributed by atoms with Crippen molar-refractivity contribution in [3.63, 3.8) is 0 Å². The molecule has 1 saturated heterocycles. The molecule has 0 radical (unpaired) electrons. The van der Waals surface area contributed by atoms with E-state index in [0.29, 0.717) is 31.6 Å². The van der Waals surface area contributed by atoms with Crippen molar-refractivity contribution in [1.29, 1.82) is 0 Å². The predicted octanol–water partition coefficient (Wildman–Crippen LogP) is 4.58. The van der Waals surface area contributed by atoms with Gasteiger partial charge in [0.15, 0.2) is 0 Å². The molecule has 174 valence electrons. The maximum absolute atomic E-state index is 13.1. The van der Waals surface area contributed by atoms with Crippen molar-refractivity contribution in [2.75, 3.05) is 19.6 Å². The van der Waals surface area contributed by atoms with E-state index in [2.05, 4.69) is 0 Å². The van der Waals surface area contributed by atoms with E-state index in [1.54, 1.807) is 0 Å². The molecule has 0 bridgehead atoms. The van der Waals surface area contributed by atoms with E-state index in [1.807, 2.05) is 35.2 Å². The Balaban J connectivity index is 1.82. The zero-order valence-corrected chi connectivity index (χ0v) is 16.9. The number of benzene rings is 2. The minimum absolute atomic E-state index is 0.0542. The predicted molar refractivity (Wildman–Crippen MR) is 104 cm³/mol. The van der Waals surface area contributed by atoms with Gasteiger partial charge in [-0.2, -0.15) is 26.3 Å². The molecule has 1 amide bonds. The van der Waals surface area contributed by atoms with E-state index < -0.39 is 42.1 Å². The normalized spacial score (nSPS) is 20.3. The number of ether oxygens (including phenoxy) is 1.